The number of rotatable bonds is 13. The number of nitrogens with zero attached hydrogens (tertiary/aromatic N) is 3. The van der Waals surface area contributed by atoms with E-state index in [9.17, 15) is 39.2 Å². The maximum Gasteiger partial charge on any atom is 1.00 e. The van der Waals surface area contributed by atoms with Crippen LogP contribution < -0.4 is 83.8 Å². The SMILES string of the molecule is Cc1cn([C@H]2C[C@H](O[Si](c3ccccc3)(c3ccccc3)C(C)(C)C)[C@@H](COP(=O)(O)O[C@H]3[C@@H](CO)[C@H](n4cc(C)c(=O)[nH]c4=O)O[C@@H]3CO)O2)c(=O)nc1[O-].[K+]. The Labute approximate surface area is 371 Å². The molecule has 0 amide bonds. The van der Waals surface area contributed by atoms with Gasteiger partial charge in [-0.15, -0.1) is 0 Å². The van der Waals surface area contributed by atoms with Crippen molar-refractivity contribution >= 4 is 26.5 Å². The maximum absolute atomic E-state index is 13.7. The first-order valence-corrected chi connectivity index (χ1v) is 21.5. The van der Waals surface area contributed by atoms with Crippen molar-refractivity contribution in [1.82, 2.24) is 19.1 Å². The number of phosphoric acid groups is 1. The second-order valence-electron chi connectivity index (χ2n) is 15.0. The molecule has 2 aliphatic heterocycles. The van der Waals surface area contributed by atoms with Crippen LogP contribution in [0.1, 0.15) is 50.8 Å². The number of aryl methyl sites for hydroxylation is 2. The molecule has 17 nitrogen and oxygen atoms in total. The van der Waals surface area contributed by atoms with Gasteiger partial charge in [0.25, 0.3) is 13.9 Å². The molecule has 4 heterocycles. The van der Waals surface area contributed by atoms with Gasteiger partial charge in [0.15, 0.2) is 0 Å². The van der Waals surface area contributed by atoms with Crippen LogP contribution in [0.25, 0.3) is 0 Å². The number of hydrogen-bond donors (Lipinski definition) is 4. The normalized spacial score (nSPS) is 24.9. The van der Waals surface area contributed by atoms with Gasteiger partial charge in [0, 0.05) is 24.4 Å². The Hall–Kier alpha value is -2.44. The Morgan fingerprint density at radius 3 is 2.09 bits per heavy atom. The molecular weight excluding hydrogens is 807 g/mol. The molecule has 2 aromatic carbocycles. The number of ether oxygens (including phenoxy) is 2. The number of H-pyrrole nitrogens is 1. The molecule has 2 saturated heterocycles. The zero-order valence-corrected chi connectivity index (χ0v) is 37.5. The predicted octanol–water partition coefficient (Wildman–Crippen LogP) is -2.28. The van der Waals surface area contributed by atoms with Crippen molar-refractivity contribution in [1.29, 1.82) is 0 Å². The summed E-state index contributed by atoms with van der Waals surface area (Å²) in [6.45, 7) is 7.19. The molecule has 4 N–H and O–H groups in total. The van der Waals surface area contributed by atoms with Crippen LogP contribution in [0.15, 0.2) is 87.4 Å². The summed E-state index contributed by atoms with van der Waals surface area (Å²) in [5.41, 5.74) is -1.96. The molecule has 2 fully saturated rings. The maximum atomic E-state index is 13.7. The molecule has 20 heteroatoms. The summed E-state index contributed by atoms with van der Waals surface area (Å²) in [7, 11) is -8.36. The standard InChI is InChI=1S/C37H47N4O13PSi.K/c1-22-17-40(35(46)38-32(22)44)30-16-27(54-56(37(3,4)5,24-12-8-6-9-13-24)25-14-10-7-11-15-25)29(51-30)21-50-55(48,49)53-31-26(19-42)34(52-28(31)20-43)41-18-23(2)33(45)39-36(41)47;/h6-15,17-18,26-31,34,42-43H,16,19-21H2,1-5H3,(H,48,49)(H,38,44,46)(H,39,45,47);/q;+1/p-1/t26-,27+,28-,29-,30-,31+,34-;/m1./s1. The first-order chi connectivity index (χ1) is 26.5. The number of phosphoric ester groups is 1. The third-order valence-electron chi connectivity index (χ3n) is 10.3. The van der Waals surface area contributed by atoms with E-state index in [4.69, 9.17) is 22.9 Å². The smallest absolute Gasteiger partial charge is 0.858 e. The molecule has 0 bridgehead atoms. The van der Waals surface area contributed by atoms with Crippen LogP contribution in [0.4, 0.5) is 0 Å². The average Bonchev–Trinajstić information content (AvgIpc) is 3.72. The monoisotopic (exact) mass is 852 g/mol. The third kappa shape index (κ3) is 9.48. The topological polar surface area (TPSA) is 237 Å². The van der Waals surface area contributed by atoms with Crippen molar-refractivity contribution in [2.45, 2.75) is 82.9 Å². The molecule has 1 unspecified atom stereocenters. The summed E-state index contributed by atoms with van der Waals surface area (Å²) in [6.07, 6.45) is -4.34. The number of benzene rings is 2. The molecule has 0 radical (unpaired) electrons. The molecule has 8 atom stereocenters. The minimum absolute atomic E-state index is 0. The molecule has 0 saturated carbocycles. The number of aliphatic hydroxyl groups is 2. The third-order valence-corrected chi connectivity index (χ3v) is 16.3. The zero-order chi connectivity index (χ0) is 40.6. The van der Waals surface area contributed by atoms with Crippen molar-refractivity contribution in [3.63, 3.8) is 0 Å². The van der Waals surface area contributed by atoms with E-state index in [0.29, 0.717) is 0 Å². The second-order valence-corrected chi connectivity index (χ2v) is 20.7. The van der Waals surface area contributed by atoms with Crippen LogP contribution in [-0.2, 0) is 27.5 Å². The predicted molar refractivity (Wildman–Crippen MR) is 202 cm³/mol. The van der Waals surface area contributed by atoms with E-state index in [1.807, 2.05) is 60.7 Å². The van der Waals surface area contributed by atoms with E-state index in [0.717, 1.165) is 14.9 Å². The molecule has 302 valence electrons. The summed E-state index contributed by atoms with van der Waals surface area (Å²) in [5.74, 6) is -1.84. The van der Waals surface area contributed by atoms with Gasteiger partial charge in [0.05, 0.1) is 31.8 Å². The fourth-order valence-corrected chi connectivity index (χ4v) is 13.2. The van der Waals surface area contributed by atoms with Crippen molar-refractivity contribution in [3.8, 4) is 5.88 Å². The van der Waals surface area contributed by atoms with Gasteiger partial charge in [-0.25, -0.2) is 19.1 Å². The van der Waals surface area contributed by atoms with Crippen LogP contribution >= 0.6 is 7.82 Å². The first-order valence-electron chi connectivity index (χ1n) is 18.1. The Bertz CT molecular complexity index is 2200. The number of nitrogens with one attached hydrogen (secondary N) is 1. The summed E-state index contributed by atoms with van der Waals surface area (Å²) in [6, 6.07) is 19.5. The van der Waals surface area contributed by atoms with Gasteiger partial charge in [0.2, 0.25) is 0 Å². The van der Waals surface area contributed by atoms with Crippen LogP contribution in [0, 0.1) is 19.8 Å². The molecule has 57 heavy (non-hydrogen) atoms. The van der Waals surface area contributed by atoms with Crippen LogP contribution in [-0.4, -0.2) is 86.8 Å². The van der Waals surface area contributed by atoms with E-state index < -0.39 is 107 Å². The minimum atomic E-state index is -5.08. The van der Waals surface area contributed by atoms with Crippen LogP contribution in [0.5, 0.6) is 5.88 Å². The summed E-state index contributed by atoms with van der Waals surface area (Å²) >= 11 is 0. The van der Waals surface area contributed by atoms with Crippen LogP contribution in [0.3, 0.4) is 0 Å². The van der Waals surface area contributed by atoms with E-state index in [-0.39, 0.29) is 68.9 Å². The number of aliphatic hydroxyl groups excluding tert-OH is 2. The Kier molecular flexibility index (Phi) is 14.8. The van der Waals surface area contributed by atoms with Gasteiger partial charge < -0.3 is 34.1 Å². The van der Waals surface area contributed by atoms with Gasteiger partial charge in [-0.3, -0.25) is 28.0 Å². The molecule has 6 rings (SSSR count). The molecule has 0 spiro atoms. The fourth-order valence-electron chi connectivity index (χ4n) is 7.50. The molecule has 2 aliphatic rings. The van der Waals surface area contributed by atoms with Gasteiger partial charge in [0.1, 0.15) is 30.8 Å². The van der Waals surface area contributed by atoms with E-state index >= 15 is 0 Å². The summed E-state index contributed by atoms with van der Waals surface area (Å²) in [5, 5.41) is 34.1. The number of aromatic nitrogens is 4. The summed E-state index contributed by atoms with van der Waals surface area (Å²) in [4.78, 5) is 54.6. The number of aromatic amines is 1. The largest absolute Gasteiger partial charge is 1.00 e. The number of hydrogen-bond acceptors (Lipinski definition) is 13. The van der Waals surface area contributed by atoms with Gasteiger partial charge >= 0.3 is 70.6 Å². The van der Waals surface area contributed by atoms with Crippen LogP contribution in [0.2, 0.25) is 5.04 Å². The van der Waals surface area contributed by atoms with E-state index in [1.165, 1.54) is 30.8 Å². The quantitative estimate of drug-likeness (QED) is 0.0820. The van der Waals surface area contributed by atoms with Gasteiger partial charge in [-0.05, 0) is 40.7 Å². The molecule has 4 aromatic rings. The Balaban J connectivity index is 0.00000620. The zero-order valence-electron chi connectivity index (χ0n) is 32.5. The Morgan fingerprint density at radius 2 is 1.53 bits per heavy atom. The first kappa shape index (κ1) is 45.6. The Morgan fingerprint density at radius 1 is 0.930 bits per heavy atom. The van der Waals surface area contributed by atoms with Crippen molar-refractivity contribution in [2.24, 2.45) is 5.92 Å². The molecule has 2 aromatic heterocycles. The van der Waals surface area contributed by atoms with E-state index in [1.54, 1.807) is 0 Å². The molecular formula is C37H46KN4O13PSi. The van der Waals surface area contributed by atoms with Crippen molar-refractivity contribution < 1.29 is 99.1 Å². The average molecular weight is 853 g/mol. The fraction of sp³-hybridized carbons (Fsp3) is 0.459. The van der Waals surface area contributed by atoms with Gasteiger partial charge in [-0.2, -0.15) is 0 Å². The van der Waals surface area contributed by atoms with E-state index in [2.05, 4.69) is 30.7 Å². The van der Waals surface area contributed by atoms with Crippen molar-refractivity contribution in [2.75, 3.05) is 19.8 Å². The molecule has 0 aliphatic carbocycles. The second kappa shape index (κ2) is 18.4. The summed E-state index contributed by atoms with van der Waals surface area (Å²) < 4.78 is 46.6. The van der Waals surface area contributed by atoms with Crippen molar-refractivity contribution in [3.05, 3.63) is 116 Å². The minimum Gasteiger partial charge on any atom is -0.858 e. The van der Waals surface area contributed by atoms with Gasteiger partial charge in [-0.1, -0.05) is 81.4 Å².